The minimum atomic E-state index is 0.200. The Morgan fingerprint density at radius 1 is 1.24 bits per heavy atom. The topological polar surface area (TPSA) is 33.1 Å². The summed E-state index contributed by atoms with van der Waals surface area (Å²) in [5, 5.41) is 9.98. The first kappa shape index (κ1) is 10.9. The molecule has 2 nitrogen and oxygen atoms in total. The average Bonchev–Trinajstić information content (AvgIpc) is 2.96. The fourth-order valence-corrected chi connectivity index (χ4v) is 3.27. The lowest BCUT2D eigenvalue weighted by atomic mass is 10.1. The molecule has 88 valence electrons. The van der Waals surface area contributed by atoms with Gasteiger partial charge in [0.05, 0.1) is 0 Å². The van der Waals surface area contributed by atoms with Crippen LogP contribution in [0.5, 0.6) is 0 Å². The molecular formula is C14H15NOS. The highest BCUT2D eigenvalue weighted by Gasteiger charge is 2.12. The van der Waals surface area contributed by atoms with Crippen LogP contribution >= 0.6 is 11.3 Å². The lowest BCUT2D eigenvalue weighted by molar-refractivity contribution is 0.300. The summed E-state index contributed by atoms with van der Waals surface area (Å²) in [6.07, 6.45) is 6.31. The molecule has 0 atom stereocenters. The lowest BCUT2D eigenvalue weighted by Gasteiger charge is -2.01. The fourth-order valence-electron chi connectivity index (χ4n) is 2.37. The standard InChI is InChI=1S/C14H15NOS/c16-7-6-13-9-15-14(17-13)12-5-4-10-2-1-3-11(10)8-12/h4-5,8-9,16H,1-3,6-7H2. The van der Waals surface area contributed by atoms with E-state index in [1.165, 1.54) is 36.0 Å². The molecule has 0 unspecified atom stereocenters. The number of aliphatic hydroxyl groups excluding tert-OH is 1. The number of nitrogens with zero attached hydrogens (tertiary/aromatic N) is 1. The second-order valence-corrected chi connectivity index (χ2v) is 5.56. The Hall–Kier alpha value is -1.19. The van der Waals surface area contributed by atoms with Crippen molar-refractivity contribution in [3.05, 3.63) is 40.4 Å². The van der Waals surface area contributed by atoms with Crippen LogP contribution in [0.25, 0.3) is 10.6 Å². The molecule has 1 aromatic carbocycles. The summed E-state index contributed by atoms with van der Waals surface area (Å²) in [4.78, 5) is 5.59. The Bertz CT molecular complexity index is 533. The van der Waals surface area contributed by atoms with Crippen molar-refractivity contribution in [2.24, 2.45) is 0 Å². The van der Waals surface area contributed by atoms with E-state index in [1.807, 2.05) is 6.20 Å². The van der Waals surface area contributed by atoms with Gasteiger partial charge in [-0.2, -0.15) is 0 Å². The van der Waals surface area contributed by atoms with Crippen LogP contribution in [-0.4, -0.2) is 16.7 Å². The van der Waals surface area contributed by atoms with Crippen molar-refractivity contribution in [3.8, 4) is 10.6 Å². The predicted octanol–water partition coefficient (Wildman–Crippen LogP) is 2.83. The molecule has 1 aliphatic carbocycles. The fraction of sp³-hybridized carbons (Fsp3) is 0.357. The molecule has 17 heavy (non-hydrogen) atoms. The number of aromatic nitrogens is 1. The molecule has 0 bridgehead atoms. The number of hydrogen-bond acceptors (Lipinski definition) is 3. The van der Waals surface area contributed by atoms with E-state index in [0.717, 1.165) is 9.88 Å². The van der Waals surface area contributed by atoms with Crippen molar-refractivity contribution >= 4 is 11.3 Å². The molecule has 0 radical (unpaired) electrons. The molecule has 1 aliphatic rings. The smallest absolute Gasteiger partial charge is 0.123 e. The SMILES string of the molecule is OCCc1cnc(-c2ccc3c(c2)CCC3)s1. The molecule has 1 N–H and O–H groups in total. The zero-order valence-corrected chi connectivity index (χ0v) is 10.5. The Kier molecular flexibility index (Phi) is 2.95. The highest BCUT2D eigenvalue weighted by atomic mass is 32.1. The minimum Gasteiger partial charge on any atom is -0.396 e. The summed E-state index contributed by atoms with van der Waals surface area (Å²) in [5.74, 6) is 0. The van der Waals surface area contributed by atoms with Gasteiger partial charge in [-0.05, 0) is 36.5 Å². The quantitative estimate of drug-likeness (QED) is 0.902. The number of rotatable bonds is 3. The van der Waals surface area contributed by atoms with Crippen LogP contribution in [-0.2, 0) is 19.3 Å². The van der Waals surface area contributed by atoms with Crippen LogP contribution in [0, 0.1) is 0 Å². The third-order valence-electron chi connectivity index (χ3n) is 3.26. The first-order chi connectivity index (χ1) is 8.36. The van der Waals surface area contributed by atoms with Gasteiger partial charge in [0.25, 0.3) is 0 Å². The second kappa shape index (κ2) is 4.59. The van der Waals surface area contributed by atoms with E-state index >= 15 is 0 Å². The van der Waals surface area contributed by atoms with Gasteiger partial charge in [0.2, 0.25) is 0 Å². The molecule has 0 fully saturated rings. The Morgan fingerprint density at radius 2 is 2.12 bits per heavy atom. The van der Waals surface area contributed by atoms with Crippen molar-refractivity contribution in [2.45, 2.75) is 25.7 Å². The van der Waals surface area contributed by atoms with Crippen LogP contribution in [0.15, 0.2) is 24.4 Å². The number of thiazole rings is 1. The predicted molar refractivity (Wildman–Crippen MR) is 70.4 cm³/mol. The number of fused-ring (bicyclic) bond motifs is 1. The van der Waals surface area contributed by atoms with Gasteiger partial charge in [0.1, 0.15) is 5.01 Å². The van der Waals surface area contributed by atoms with Crippen molar-refractivity contribution < 1.29 is 5.11 Å². The highest BCUT2D eigenvalue weighted by Crippen LogP contribution is 2.30. The zero-order chi connectivity index (χ0) is 11.7. The molecule has 3 rings (SSSR count). The van der Waals surface area contributed by atoms with E-state index in [0.29, 0.717) is 6.42 Å². The van der Waals surface area contributed by atoms with Crippen LogP contribution in [0.1, 0.15) is 22.4 Å². The molecule has 1 aromatic heterocycles. The summed E-state index contributed by atoms with van der Waals surface area (Å²) in [6, 6.07) is 6.69. The molecule has 3 heteroatoms. The summed E-state index contributed by atoms with van der Waals surface area (Å²) >= 11 is 1.68. The largest absolute Gasteiger partial charge is 0.396 e. The maximum Gasteiger partial charge on any atom is 0.123 e. The van der Waals surface area contributed by atoms with Gasteiger partial charge < -0.3 is 5.11 Å². The maximum absolute atomic E-state index is 8.91. The number of hydrogen-bond donors (Lipinski definition) is 1. The van der Waals surface area contributed by atoms with Gasteiger partial charge in [-0.25, -0.2) is 4.98 Å². The third-order valence-corrected chi connectivity index (χ3v) is 4.36. The summed E-state index contributed by atoms with van der Waals surface area (Å²) < 4.78 is 0. The third kappa shape index (κ3) is 2.13. The Balaban J connectivity index is 1.92. The number of benzene rings is 1. The summed E-state index contributed by atoms with van der Waals surface area (Å²) in [5.41, 5.74) is 4.21. The van der Waals surface area contributed by atoms with Gasteiger partial charge in [-0.15, -0.1) is 11.3 Å². The molecule has 0 spiro atoms. The van der Waals surface area contributed by atoms with Gasteiger partial charge in [-0.3, -0.25) is 0 Å². The van der Waals surface area contributed by atoms with E-state index in [9.17, 15) is 0 Å². The molecule has 2 aromatic rings. The van der Waals surface area contributed by atoms with E-state index in [-0.39, 0.29) is 6.61 Å². The van der Waals surface area contributed by atoms with Crippen LogP contribution < -0.4 is 0 Å². The summed E-state index contributed by atoms with van der Waals surface area (Å²) in [6.45, 7) is 0.200. The van der Waals surface area contributed by atoms with Crippen molar-refractivity contribution in [2.75, 3.05) is 6.61 Å². The number of aryl methyl sites for hydroxylation is 2. The Morgan fingerprint density at radius 3 is 3.00 bits per heavy atom. The lowest BCUT2D eigenvalue weighted by Crippen LogP contribution is -1.84. The monoisotopic (exact) mass is 245 g/mol. The highest BCUT2D eigenvalue weighted by molar-refractivity contribution is 7.15. The van der Waals surface area contributed by atoms with Gasteiger partial charge in [0, 0.05) is 29.7 Å². The minimum absolute atomic E-state index is 0.200. The summed E-state index contributed by atoms with van der Waals surface area (Å²) in [7, 11) is 0. The van der Waals surface area contributed by atoms with Crippen LogP contribution in [0.3, 0.4) is 0 Å². The van der Waals surface area contributed by atoms with Crippen LogP contribution in [0.2, 0.25) is 0 Å². The first-order valence-corrected chi connectivity index (χ1v) is 6.86. The second-order valence-electron chi connectivity index (χ2n) is 4.44. The molecule has 0 saturated heterocycles. The van der Waals surface area contributed by atoms with Gasteiger partial charge >= 0.3 is 0 Å². The number of aliphatic hydroxyl groups is 1. The van der Waals surface area contributed by atoms with Crippen LogP contribution in [0.4, 0.5) is 0 Å². The molecule has 0 amide bonds. The van der Waals surface area contributed by atoms with E-state index in [2.05, 4.69) is 23.2 Å². The molecule has 0 aliphatic heterocycles. The van der Waals surface area contributed by atoms with E-state index in [1.54, 1.807) is 11.3 Å². The van der Waals surface area contributed by atoms with E-state index in [4.69, 9.17) is 5.11 Å². The molecular weight excluding hydrogens is 230 g/mol. The van der Waals surface area contributed by atoms with Crippen molar-refractivity contribution in [1.29, 1.82) is 0 Å². The molecule has 0 saturated carbocycles. The van der Waals surface area contributed by atoms with Crippen molar-refractivity contribution in [1.82, 2.24) is 4.98 Å². The van der Waals surface area contributed by atoms with Gasteiger partial charge in [0.15, 0.2) is 0 Å². The normalized spacial score (nSPS) is 13.9. The average molecular weight is 245 g/mol. The van der Waals surface area contributed by atoms with Crippen molar-refractivity contribution in [3.63, 3.8) is 0 Å². The molecule has 1 heterocycles. The zero-order valence-electron chi connectivity index (χ0n) is 9.65. The van der Waals surface area contributed by atoms with Gasteiger partial charge in [-0.1, -0.05) is 12.1 Å². The first-order valence-electron chi connectivity index (χ1n) is 6.04. The van der Waals surface area contributed by atoms with E-state index < -0.39 is 0 Å². The Labute approximate surface area is 105 Å². The maximum atomic E-state index is 8.91.